The third-order valence-corrected chi connectivity index (χ3v) is 3.51. The number of nitrogens with one attached hydrogen (secondary N) is 1. The lowest BCUT2D eigenvalue weighted by molar-refractivity contribution is -0.114. The van der Waals surface area contributed by atoms with Crippen LogP contribution in [0.5, 0.6) is 5.75 Å². The Kier molecular flexibility index (Phi) is 4.46. The number of benzene rings is 1. The van der Waals surface area contributed by atoms with Crippen LogP contribution in [0.4, 0.5) is 0 Å². The minimum atomic E-state index is -0.796. The predicted molar refractivity (Wildman–Crippen MR) is 81.7 cm³/mol. The molecule has 0 fully saturated rings. The van der Waals surface area contributed by atoms with E-state index < -0.39 is 11.6 Å². The molecule has 122 valence electrons. The van der Waals surface area contributed by atoms with Crippen molar-refractivity contribution < 1.29 is 18.7 Å². The van der Waals surface area contributed by atoms with Gasteiger partial charge in [-0.05, 0) is 34.5 Å². The second-order valence-corrected chi connectivity index (χ2v) is 5.06. The summed E-state index contributed by atoms with van der Waals surface area (Å²) >= 11 is 0. The summed E-state index contributed by atoms with van der Waals surface area (Å²) in [5.41, 5.74) is 1.88. The van der Waals surface area contributed by atoms with Gasteiger partial charge in [0.1, 0.15) is 11.5 Å². The number of ketones is 2. The first-order valence-corrected chi connectivity index (χ1v) is 7.16. The van der Waals surface area contributed by atoms with E-state index in [9.17, 15) is 9.59 Å². The molecule has 0 radical (unpaired) electrons. The average Bonchev–Trinajstić information content (AvgIpc) is 3.27. The maximum Gasteiger partial charge on any atom is 0.269 e. The number of H-pyrrole nitrogens is 1. The number of carbonyl (C=O) groups excluding carboxylic acids is 2. The van der Waals surface area contributed by atoms with E-state index in [1.807, 2.05) is 24.3 Å². The van der Waals surface area contributed by atoms with Gasteiger partial charge in [-0.25, -0.2) is 0 Å². The minimum absolute atomic E-state index is 0.147. The van der Waals surface area contributed by atoms with Gasteiger partial charge < -0.3 is 9.15 Å². The third kappa shape index (κ3) is 3.37. The van der Waals surface area contributed by atoms with Gasteiger partial charge in [0.25, 0.3) is 5.78 Å². The van der Waals surface area contributed by atoms with Crippen molar-refractivity contribution in [3.05, 3.63) is 59.3 Å². The Labute approximate surface area is 136 Å². The first kappa shape index (κ1) is 15.6. The van der Waals surface area contributed by atoms with Crippen molar-refractivity contribution in [3.63, 3.8) is 0 Å². The van der Waals surface area contributed by atoms with Crippen molar-refractivity contribution >= 4 is 11.6 Å². The molecule has 0 aliphatic carbocycles. The van der Waals surface area contributed by atoms with Gasteiger partial charge in [-0.2, -0.15) is 5.21 Å². The molecule has 0 amide bonds. The normalized spacial score (nSPS) is 10.5. The molecule has 8 heteroatoms. The summed E-state index contributed by atoms with van der Waals surface area (Å²) in [5.74, 6) is -0.471. The van der Waals surface area contributed by atoms with Crippen LogP contribution in [-0.2, 0) is 17.6 Å². The van der Waals surface area contributed by atoms with E-state index in [0.717, 1.165) is 16.9 Å². The van der Waals surface area contributed by atoms with Crippen molar-refractivity contribution in [2.24, 2.45) is 0 Å². The first-order valence-electron chi connectivity index (χ1n) is 7.16. The van der Waals surface area contributed by atoms with Crippen LogP contribution >= 0.6 is 0 Å². The van der Waals surface area contributed by atoms with E-state index in [1.165, 1.54) is 6.26 Å². The van der Waals surface area contributed by atoms with Gasteiger partial charge in [0.2, 0.25) is 11.6 Å². The molecule has 1 aromatic carbocycles. The van der Waals surface area contributed by atoms with Crippen molar-refractivity contribution in [1.82, 2.24) is 20.6 Å². The summed E-state index contributed by atoms with van der Waals surface area (Å²) in [4.78, 5) is 23.9. The van der Waals surface area contributed by atoms with Crippen LogP contribution in [0.25, 0.3) is 0 Å². The molecule has 2 aromatic heterocycles. The second kappa shape index (κ2) is 6.86. The Morgan fingerprint density at radius 3 is 2.67 bits per heavy atom. The predicted octanol–water partition coefficient (Wildman–Crippen LogP) is 1.39. The van der Waals surface area contributed by atoms with Crippen molar-refractivity contribution in [3.8, 4) is 5.75 Å². The summed E-state index contributed by atoms with van der Waals surface area (Å²) in [5, 5.41) is 12.4. The second-order valence-electron chi connectivity index (χ2n) is 5.06. The van der Waals surface area contributed by atoms with Crippen LogP contribution in [0.3, 0.4) is 0 Å². The summed E-state index contributed by atoms with van der Waals surface area (Å²) < 4.78 is 10.5. The average molecular weight is 326 g/mol. The molecular weight excluding hydrogens is 312 g/mol. The molecule has 0 saturated heterocycles. The highest BCUT2D eigenvalue weighted by Crippen LogP contribution is 2.19. The molecule has 3 rings (SSSR count). The molecular formula is C16H14N4O4. The fourth-order valence-electron chi connectivity index (χ4n) is 2.25. The number of ether oxygens (including phenoxy) is 1. The summed E-state index contributed by atoms with van der Waals surface area (Å²) in [6.45, 7) is 0. The van der Waals surface area contributed by atoms with Crippen LogP contribution in [0.2, 0.25) is 0 Å². The van der Waals surface area contributed by atoms with Gasteiger partial charge in [0, 0.05) is 6.42 Å². The number of nitrogens with zero attached hydrogens (tertiary/aromatic N) is 3. The lowest BCUT2D eigenvalue weighted by atomic mass is 10.0. The molecule has 0 unspecified atom stereocenters. The van der Waals surface area contributed by atoms with Crippen LogP contribution in [0.15, 0.2) is 41.0 Å². The Morgan fingerprint density at radius 2 is 2.00 bits per heavy atom. The van der Waals surface area contributed by atoms with E-state index in [2.05, 4.69) is 20.6 Å². The first-order chi connectivity index (χ1) is 11.7. The highest BCUT2D eigenvalue weighted by atomic mass is 16.5. The highest BCUT2D eigenvalue weighted by Gasteiger charge is 2.23. The fourth-order valence-corrected chi connectivity index (χ4v) is 2.25. The number of aromatic amines is 1. The van der Waals surface area contributed by atoms with Crippen molar-refractivity contribution in [1.29, 1.82) is 0 Å². The van der Waals surface area contributed by atoms with Crippen molar-refractivity contribution in [2.75, 3.05) is 7.11 Å². The number of aromatic nitrogens is 4. The van der Waals surface area contributed by atoms with Crippen LogP contribution in [-0.4, -0.2) is 39.3 Å². The summed E-state index contributed by atoms with van der Waals surface area (Å²) in [7, 11) is 1.61. The molecule has 3 aromatic rings. The number of carbonyl (C=O) groups is 2. The standard InChI is InChI=1S/C16H14N4O4/c1-23-12-4-2-10(3-5-12)8-11-6-7-24-14(11)9-13(21)15(22)16-17-19-20-18-16/h2-7H,8-9H2,1H3,(H,17,18,19,20). The lowest BCUT2D eigenvalue weighted by Crippen LogP contribution is -2.18. The smallest absolute Gasteiger partial charge is 0.269 e. The van der Waals surface area contributed by atoms with Crippen LogP contribution < -0.4 is 4.74 Å². The maximum atomic E-state index is 12.0. The highest BCUT2D eigenvalue weighted by molar-refractivity contribution is 6.42. The monoisotopic (exact) mass is 326 g/mol. The number of rotatable bonds is 7. The van der Waals surface area contributed by atoms with Gasteiger partial charge in [0.05, 0.1) is 19.8 Å². The number of furan rings is 1. The molecule has 0 atom stereocenters. The van der Waals surface area contributed by atoms with E-state index in [0.29, 0.717) is 12.2 Å². The number of hydrogen-bond acceptors (Lipinski definition) is 7. The SMILES string of the molecule is COc1ccc(Cc2ccoc2CC(=O)C(=O)c2nn[nH]n2)cc1. The van der Waals surface area contributed by atoms with Gasteiger partial charge in [0.15, 0.2) is 0 Å². The van der Waals surface area contributed by atoms with Gasteiger partial charge in [-0.15, -0.1) is 10.2 Å². The summed E-state index contributed by atoms with van der Waals surface area (Å²) in [6.07, 6.45) is 1.94. The zero-order chi connectivity index (χ0) is 16.9. The molecule has 1 N–H and O–H groups in total. The van der Waals surface area contributed by atoms with Gasteiger partial charge >= 0.3 is 0 Å². The number of tetrazole rings is 1. The largest absolute Gasteiger partial charge is 0.497 e. The minimum Gasteiger partial charge on any atom is -0.497 e. The Hall–Kier alpha value is -3.29. The zero-order valence-electron chi connectivity index (χ0n) is 12.9. The molecule has 8 nitrogen and oxygen atoms in total. The molecule has 2 heterocycles. The Bertz CT molecular complexity index is 837. The van der Waals surface area contributed by atoms with E-state index >= 15 is 0 Å². The molecule has 0 spiro atoms. The fraction of sp³-hybridized carbons (Fsp3) is 0.188. The van der Waals surface area contributed by atoms with Gasteiger partial charge in [-0.3, -0.25) is 9.59 Å². The topological polar surface area (TPSA) is 111 Å². The number of methoxy groups -OCH3 is 1. The Morgan fingerprint density at radius 1 is 1.21 bits per heavy atom. The maximum absolute atomic E-state index is 12.0. The van der Waals surface area contributed by atoms with Crippen LogP contribution in [0.1, 0.15) is 27.5 Å². The quantitative estimate of drug-likeness (QED) is 0.516. The van der Waals surface area contributed by atoms with E-state index in [4.69, 9.17) is 9.15 Å². The molecule has 0 bridgehead atoms. The summed E-state index contributed by atoms with van der Waals surface area (Å²) in [6, 6.07) is 9.37. The molecule has 24 heavy (non-hydrogen) atoms. The van der Waals surface area contributed by atoms with E-state index in [-0.39, 0.29) is 12.2 Å². The molecule has 0 aliphatic rings. The van der Waals surface area contributed by atoms with Crippen LogP contribution in [0, 0.1) is 0 Å². The Balaban J connectivity index is 1.70. The zero-order valence-corrected chi connectivity index (χ0v) is 12.9. The molecule has 0 saturated carbocycles. The number of Topliss-reactive ketones (excluding diaryl/α,β-unsaturated/α-hetero) is 2. The lowest BCUT2D eigenvalue weighted by Gasteiger charge is -2.04. The third-order valence-electron chi connectivity index (χ3n) is 3.51. The molecule has 0 aliphatic heterocycles. The number of hydrogen-bond donors (Lipinski definition) is 1. The van der Waals surface area contributed by atoms with E-state index in [1.54, 1.807) is 13.2 Å². The van der Waals surface area contributed by atoms with Crippen molar-refractivity contribution in [2.45, 2.75) is 12.8 Å². The van der Waals surface area contributed by atoms with Gasteiger partial charge in [-0.1, -0.05) is 12.1 Å².